The van der Waals surface area contributed by atoms with Gasteiger partial charge in [0.05, 0.1) is 15.7 Å². The number of anilines is 1. The lowest BCUT2D eigenvalue weighted by Crippen LogP contribution is -2.40. The molecule has 3 unspecified atom stereocenters. The molecule has 6 heteroatoms. The smallest absolute Gasteiger partial charge is 0.236 e. The Bertz CT molecular complexity index is 494. The van der Waals surface area contributed by atoms with Crippen molar-refractivity contribution in [2.24, 2.45) is 0 Å². The average Bonchev–Trinajstić information content (AvgIpc) is 2.36. The molecular weight excluding hydrogens is 328 g/mol. The second-order valence-electron chi connectivity index (χ2n) is 4.45. The van der Waals surface area contributed by atoms with E-state index < -0.39 is 16.0 Å². The second-order valence-corrected chi connectivity index (χ2v) is 7.04. The van der Waals surface area contributed by atoms with E-state index >= 15 is 0 Å². The first kappa shape index (κ1) is 16.2. The summed E-state index contributed by atoms with van der Waals surface area (Å²) in [6.07, 6.45) is 0.844. The molecule has 0 aliphatic heterocycles. The Labute approximate surface area is 124 Å². The Morgan fingerprint density at radius 2 is 2.11 bits per heavy atom. The lowest BCUT2D eigenvalue weighted by atomic mass is 10.2. The fraction of sp³-hybridized carbons (Fsp3) is 0.462. The van der Waals surface area contributed by atoms with Crippen LogP contribution in [0.15, 0.2) is 27.6 Å². The Morgan fingerprint density at radius 1 is 1.47 bits per heavy atom. The highest BCUT2D eigenvalue weighted by molar-refractivity contribution is 9.10. The Balaban J connectivity index is 2.84. The summed E-state index contributed by atoms with van der Waals surface area (Å²) >= 11 is 3.32. The average molecular weight is 347 g/mol. The van der Waals surface area contributed by atoms with Crippen molar-refractivity contribution >= 4 is 38.3 Å². The number of amides is 1. The van der Waals surface area contributed by atoms with Crippen molar-refractivity contribution in [3.8, 4) is 0 Å². The topological polar surface area (TPSA) is 72.2 Å². The molecule has 0 spiro atoms. The van der Waals surface area contributed by atoms with E-state index in [1.165, 1.54) is 0 Å². The van der Waals surface area contributed by atoms with Crippen LogP contribution in [-0.4, -0.2) is 21.4 Å². The van der Waals surface area contributed by atoms with Gasteiger partial charge in [-0.15, -0.1) is 0 Å². The normalized spacial score (nSPS) is 15.6. The van der Waals surface area contributed by atoms with Gasteiger partial charge in [0.25, 0.3) is 0 Å². The van der Waals surface area contributed by atoms with E-state index in [1.54, 1.807) is 25.1 Å². The monoisotopic (exact) mass is 346 g/mol. The van der Waals surface area contributed by atoms with Crippen molar-refractivity contribution in [2.45, 2.75) is 43.4 Å². The minimum Gasteiger partial charge on any atom is -0.399 e. The maximum absolute atomic E-state index is 12.4. The van der Waals surface area contributed by atoms with Crippen LogP contribution in [-0.2, 0) is 15.6 Å². The first-order valence-corrected chi connectivity index (χ1v) is 8.13. The van der Waals surface area contributed by atoms with Crippen LogP contribution in [0.1, 0.15) is 27.2 Å². The van der Waals surface area contributed by atoms with Crippen molar-refractivity contribution in [3.63, 3.8) is 0 Å². The van der Waals surface area contributed by atoms with Gasteiger partial charge in [0.15, 0.2) is 0 Å². The molecule has 0 saturated carbocycles. The standard InChI is InChI=1S/C13H19BrN2O2S/c1-4-8(2)16-13(17)9(3)19(18)12-6-5-10(15)7-11(12)14/h5-9H,4,15H2,1-3H3,(H,16,17). The van der Waals surface area contributed by atoms with Gasteiger partial charge in [-0.25, -0.2) is 0 Å². The number of halogens is 1. The van der Waals surface area contributed by atoms with Gasteiger partial charge in [-0.1, -0.05) is 6.92 Å². The van der Waals surface area contributed by atoms with Gasteiger partial charge in [-0.2, -0.15) is 0 Å². The third kappa shape index (κ3) is 4.31. The Morgan fingerprint density at radius 3 is 2.63 bits per heavy atom. The molecule has 3 atom stereocenters. The molecule has 0 bridgehead atoms. The zero-order valence-electron chi connectivity index (χ0n) is 11.3. The Kier molecular flexibility index (Phi) is 6.00. The van der Waals surface area contributed by atoms with Gasteiger partial charge in [-0.05, 0) is 54.4 Å². The molecule has 0 aliphatic rings. The summed E-state index contributed by atoms with van der Waals surface area (Å²) in [5.41, 5.74) is 6.23. The molecule has 19 heavy (non-hydrogen) atoms. The maximum Gasteiger partial charge on any atom is 0.236 e. The second kappa shape index (κ2) is 7.05. The summed E-state index contributed by atoms with van der Waals surface area (Å²) in [5.74, 6) is -0.198. The number of nitrogens with one attached hydrogen (secondary N) is 1. The van der Waals surface area contributed by atoms with Crippen LogP contribution in [0, 0.1) is 0 Å². The molecule has 1 aromatic carbocycles. The highest BCUT2D eigenvalue weighted by atomic mass is 79.9. The molecule has 0 fully saturated rings. The lowest BCUT2D eigenvalue weighted by molar-refractivity contribution is -0.120. The minimum absolute atomic E-state index is 0.0850. The number of rotatable bonds is 5. The number of hydrogen-bond donors (Lipinski definition) is 2. The molecule has 0 radical (unpaired) electrons. The molecule has 0 saturated heterocycles. The van der Waals surface area contributed by atoms with E-state index in [4.69, 9.17) is 5.73 Å². The summed E-state index contributed by atoms with van der Waals surface area (Å²) < 4.78 is 13.0. The summed E-state index contributed by atoms with van der Waals surface area (Å²) in [5, 5.41) is 2.24. The highest BCUT2D eigenvalue weighted by Crippen LogP contribution is 2.25. The fourth-order valence-electron chi connectivity index (χ4n) is 1.43. The molecule has 3 N–H and O–H groups in total. The molecular formula is C13H19BrN2O2S. The van der Waals surface area contributed by atoms with E-state index in [2.05, 4.69) is 21.2 Å². The van der Waals surface area contributed by atoms with Crippen molar-refractivity contribution in [3.05, 3.63) is 22.7 Å². The van der Waals surface area contributed by atoms with Crippen LogP contribution in [0.2, 0.25) is 0 Å². The number of nitrogens with two attached hydrogens (primary N) is 1. The molecule has 0 aliphatic carbocycles. The van der Waals surface area contributed by atoms with Gasteiger partial charge in [-0.3, -0.25) is 9.00 Å². The summed E-state index contributed by atoms with van der Waals surface area (Å²) in [4.78, 5) is 12.5. The minimum atomic E-state index is -1.41. The van der Waals surface area contributed by atoms with E-state index in [0.29, 0.717) is 15.1 Å². The largest absolute Gasteiger partial charge is 0.399 e. The first-order chi connectivity index (χ1) is 8.86. The van der Waals surface area contributed by atoms with E-state index in [9.17, 15) is 9.00 Å². The molecule has 1 aromatic rings. The Hall–Kier alpha value is -0.880. The fourth-order valence-corrected chi connectivity index (χ4v) is 3.40. The molecule has 0 aromatic heterocycles. The van der Waals surface area contributed by atoms with Crippen LogP contribution in [0.3, 0.4) is 0 Å². The van der Waals surface area contributed by atoms with Gasteiger partial charge in [0.2, 0.25) is 5.91 Å². The van der Waals surface area contributed by atoms with Crippen molar-refractivity contribution in [1.29, 1.82) is 0 Å². The van der Waals surface area contributed by atoms with Gasteiger partial charge in [0.1, 0.15) is 5.25 Å². The quantitative estimate of drug-likeness (QED) is 0.804. The van der Waals surface area contributed by atoms with Crippen molar-refractivity contribution in [2.75, 3.05) is 5.73 Å². The summed E-state index contributed by atoms with van der Waals surface area (Å²) in [6.45, 7) is 5.58. The zero-order chi connectivity index (χ0) is 14.6. The lowest BCUT2D eigenvalue weighted by Gasteiger charge is -2.16. The summed E-state index contributed by atoms with van der Waals surface area (Å²) in [7, 11) is -1.41. The van der Waals surface area contributed by atoms with Gasteiger partial charge in [0, 0.05) is 16.2 Å². The molecule has 1 amide bonds. The third-order valence-corrected chi connectivity index (χ3v) is 5.43. The highest BCUT2D eigenvalue weighted by Gasteiger charge is 2.23. The van der Waals surface area contributed by atoms with E-state index in [-0.39, 0.29) is 11.9 Å². The SMILES string of the molecule is CCC(C)NC(=O)C(C)S(=O)c1ccc(N)cc1Br. The molecule has 0 heterocycles. The number of nitrogen functional groups attached to an aromatic ring is 1. The zero-order valence-corrected chi connectivity index (χ0v) is 13.7. The first-order valence-electron chi connectivity index (χ1n) is 6.12. The number of hydrogen-bond acceptors (Lipinski definition) is 3. The van der Waals surface area contributed by atoms with Crippen LogP contribution in [0.25, 0.3) is 0 Å². The van der Waals surface area contributed by atoms with Gasteiger partial charge < -0.3 is 11.1 Å². The van der Waals surface area contributed by atoms with Crippen LogP contribution in [0.4, 0.5) is 5.69 Å². The van der Waals surface area contributed by atoms with E-state index in [0.717, 1.165) is 6.42 Å². The van der Waals surface area contributed by atoms with Crippen LogP contribution < -0.4 is 11.1 Å². The maximum atomic E-state index is 12.4. The predicted molar refractivity (Wildman–Crippen MR) is 82.3 cm³/mol. The van der Waals surface area contributed by atoms with Crippen LogP contribution in [0.5, 0.6) is 0 Å². The molecule has 1 rings (SSSR count). The van der Waals surface area contributed by atoms with E-state index in [1.807, 2.05) is 13.8 Å². The number of carbonyl (C=O) groups excluding carboxylic acids is 1. The predicted octanol–water partition coefficient (Wildman–Crippen LogP) is 2.44. The molecule has 106 valence electrons. The number of benzene rings is 1. The van der Waals surface area contributed by atoms with Crippen molar-refractivity contribution < 1.29 is 9.00 Å². The van der Waals surface area contributed by atoms with Gasteiger partial charge >= 0.3 is 0 Å². The van der Waals surface area contributed by atoms with Crippen LogP contribution >= 0.6 is 15.9 Å². The number of carbonyl (C=O) groups is 1. The molecule has 4 nitrogen and oxygen atoms in total. The van der Waals surface area contributed by atoms with Crippen molar-refractivity contribution in [1.82, 2.24) is 5.32 Å². The third-order valence-electron chi connectivity index (χ3n) is 2.86. The summed E-state index contributed by atoms with van der Waals surface area (Å²) in [6, 6.07) is 5.13.